The average molecular weight is 771 g/mol. The first-order chi connectivity index (χ1) is 23.5. The summed E-state index contributed by atoms with van der Waals surface area (Å²) in [5, 5.41) is 22.0. The largest absolute Gasteiger partial charge is 0.490 e. The standard InChI is InChI=1S/C33H36BrF2N3O4.C2HF3O2/c34-23-10-8-22(9-11-23)33(35,36)30(32(42)39-25-12-13-26(39)18-24(37)17-25)38-31(41)29(40)21-6-5-20-16-28(14-7-19(20)15-21)43-27-3-1-2-4-27;3-2(4,5)1(6)7/h5-11,14-16,24-27,29-30,40H,1-4,12-13,17-18,37H2,(H,38,41);(H,6,7)/t24?,25?,26?,29-,30+;/m0./s1. The molecular weight excluding hydrogens is 733 g/mol. The maximum atomic E-state index is 16.1. The van der Waals surface area contributed by atoms with Crippen LogP contribution in [0.4, 0.5) is 22.0 Å². The Morgan fingerprint density at radius 3 is 2.02 bits per heavy atom. The lowest BCUT2D eigenvalue weighted by Crippen LogP contribution is -2.61. The van der Waals surface area contributed by atoms with Crippen molar-refractivity contribution >= 4 is 44.5 Å². The van der Waals surface area contributed by atoms with E-state index in [1.165, 1.54) is 29.2 Å². The van der Waals surface area contributed by atoms with Crippen molar-refractivity contribution in [2.45, 2.75) is 99.8 Å². The number of carboxylic acid groups (broad SMARTS) is 1. The predicted octanol–water partition coefficient (Wildman–Crippen LogP) is 6.35. The minimum absolute atomic E-state index is 0.0957. The van der Waals surface area contributed by atoms with E-state index in [0.29, 0.717) is 30.2 Å². The summed E-state index contributed by atoms with van der Waals surface area (Å²) >= 11 is 3.25. The molecule has 0 aromatic heterocycles. The molecule has 1 saturated carbocycles. The molecule has 9 nitrogen and oxygen atoms in total. The van der Waals surface area contributed by atoms with E-state index in [9.17, 15) is 27.9 Å². The molecule has 50 heavy (non-hydrogen) atoms. The highest BCUT2D eigenvalue weighted by molar-refractivity contribution is 9.10. The number of piperidine rings is 1. The zero-order valence-corrected chi connectivity index (χ0v) is 28.3. The lowest BCUT2D eigenvalue weighted by Gasteiger charge is -2.41. The second kappa shape index (κ2) is 15.2. The fraction of sp³-hybridized carbons (Fsp3) is 0.457. The van der Waals surface area contributed by atoms with Crippen LogP contribution < -0.4 is 15.8 Å². The summed E-state index contributed by atoms with van der Waals surface area (Å²) in [5.41, 5.74) is 5.98. The lowest BCUT2D eigenvalue weighted by molar-refractivity contribution is -0.192. The number of rotatable bonds is 8. The number of carbonyl (C=O) groups is 3. The predicted molar refractivity (Wildman–Crippen MR) is 176 cm³/mol. The van der Waals surface area contributed by atoms with Crippen LogP contribution in [0.15, 0.2) is 65.1 Å². The molecule has 2 aliphatic heterocycles. The summed E-state index contributed by atoms with van der Waals surface area (Å²) in [6, 6.07) is 13.2. The molecule has 2 heterocycles. The number of nitrogens with one attached hydrogen (secondary N) is 1. The first-order valence-corrected chi connectivity index (χ1v) is 17.0. The number of nitrogens with zero attached hydrogens (tertiary/aromatic N) is 1. The third kappa shape index (κ3) is 8.55. The average Bonchev–Trinajstić information content (AvgIpc) is 3.67. The maximum absolute atomic E-state index is 16.1. The monoisotopic (exact) mass is 769 g/mol. The molecular formula is C35H37BrF5N3O6. The van der Waals surface area contributed by atoms with Gasteiger partial charge < -0.3 is 30.9 Å². The van der Waals surface area contributed by atoms with Crippen molar-refractivity contribution in [1.82, 2.24) is 10.2 Å². The maximum Gasteiger partial charge on any atom is 0.490 e. The Morgan fingerprint density at radius 1 is 0.880 bits per heavy atom. The number of hydrogen-bond acceptors (Lipinski definition) is 6. The molecule has 3 aliphatic rings. The summed E-state index contributed by atoms with van der Waals surface area (Å²) in [6.45, 7) is 0. The van der Waals surface area contributed by atoms with Crippen LogP contribution >= 0.6 is 15.9 Å². The Kier molecular flexibility index (Phi) is 11.4. The summed E-state index contributed by atoms with van der Waals surface area (Å²) < 4.78 is 70.7. The van der Waals surface area contributed by atoms with E-state index in [1.54, 1.807) is 18.2 Å². The van der Waals surface area contributed by atoms with Gasteiger partial charge in [-0.1, -0.05) is 46.3 Å². The number of hydrogen-bond donors (Lipinski definition) is 4. The Balaban J connectivity index is 0.000000630. The Bertz CT molecular complexity index is 1690. The van der Waals surface area contributed by atoms with Crippen molar-refractivity contribution in [2.75, 3.05) is 0 Å². The number of aliphatic hydroxyl groups is 1. The molecule has 1 aliphatic carbocycles. The van der Waals surface area contributed by atoms with Crippen LogP contribution in [-0.4, -0.2) is 69.3 Å². The molecule has 2 amide bonds. The first-order valence-electron chi connectivity index (χ1n) is 16.2. The van der Waals surface area contributed by atoms with E-state index in [0.717, 1.165) is 42.2 Å². The molecule has 3 aromatic carbocycles. The highest BCUT2D eigenvalue weighted by Gasteiger charge is 2.53. The van der Waals surface area contributed by atoms with Crippen molar-refractivity contribution in [1.29, 1.82) is 0 Å². The Morgan fingerprint density at radius 2 is 1.44 bits per heavy atom. The zero-order chi connectivity index (χ0) is 36.4. The van der Waals surface area contributed by atoms with Crippen molar-refractivity contribution in [2.24, 2.45) is 5.73 Å². The summed E-state index contributed by atoms with van der Waals surface area (Å²) in [6.07, 6.45) is 0.187. The third-order valence-electron chi connectivity index (χ3n) is 9.40. The molecule has 2 saturated heterocycles. The van der Waals surface area contributed by atoms with Crippen LogP contribution in [0.2, 0.25) is 0 Å². The van der Waals surface area contributed by atoms with E-state index >= 15 is 8.78 Å². The van der Waals surface area contributed by atoms with Crippen molar-refractivity contribution in [3.8, 4) is 5.75 Å². The molecule has 3 aromatic rings. The zero-order valence-electron chi connectivity index (χ0n) is 26.7. The highest BCUT2D eigenvalue weighted by Crippen LogP contribution is 2.40. The molecule has 4 atom stereocenters. The molecule has 0 radical (unpaired) electrons. The van der Waals surface area contributed by atoms with Crippen LogP contribution in [0.3, 0.4) is 0 Å². The van der Waals surface area contributed by atoms with Crippen LogP contribution in [0, 0.1) is 0 Å². The topological polar surface area (TPSA) is 142 Å². The quantitative estimate of drug-likeness (QED) is 0.196. The molecule has 3 fully saturated rings. The van der Waals surface area contributed by atoms with Gasteiger partial charge in [0.1, 0.15) is 5.75 Å². The third-order valence-corrected chi connectivity index (χ3v) is 9.93. The smallest absolute Gasteiger partial charge is 0.490 e. The summed E-state index contributed by atoms with van der Waals surface area (Å²) in [7, 11) is 0. The fourth-order valence-electron chi connectivity index (χ4n) is 6.93. The molecule has 6 rings (SSSR count). The number of aliphatic hydroxyl groups excluding tert-OH is 1. The van der Waals surface area contributed by atoms with Gasteiger partial charge in [-0.2, -0.15) is 22.0 Å². The molecule has 2 bridgehead atoms. The van der Waals surface area contributed by atoms with Gasteiger partial charge in [0.15, 0.2) is 12.1 Å². The number of amides is 2. The minimum atomic E-state index is -5.08. The summed E-state index contributed by atoms with van der Waals surface area (Å²) in [5.74, 6) is -7.68. The number of ether oxygens (including phenoxy) is 1. The molecule has 270 valence electrons. The molecule has 15 heteroatoms. The van der Waals surface area contributed by atoms with Crippen molar-refractivity contribution in [3.05, 3.63) is 76.3 Å². The van der Waals surface area contributed by atoms with Gasteiger partial charge in [0.2, 0.25) is 0 Å². The van der Waals surface area contributed by atoms with Crippen LogP contribution in [0.5, 0.6) is 5.75 Å². The van der Waals surface area contributed by atoms with E-state index in [2.05, 4.69) is 21.2 Å². The highest BCUT2D eigenvalue weighted by atomic mass is 79.9. The van der Waals surface area contributed by atoms with Crippen molar-refractivity contribution < 1.29 is 51.3 Å². The van der Waals surface area contributed by atoms with Crippen molar-refractivity contribution in [3.63, 3.8) is 0 Å². The van der Waals surface area contributed by atoms with Gasteiger partial charge in [-0.05, 0) is 98.0 Å². The number of aliphatic carboxylic acids is 1. The Labute approximate surface area is 293 Å². The summed E-state index contributed by atoms with van der Waals surface area (Å²) in [4.78, 5) is 37.6. The minimum Gasteiger partial charge on any atom is -0.490 e. The second-order valence-corrected chi connectivity index (χ2v) is 13.8. The van der Waals surface area contributed by atoms with Crippen LogP contribution in [0.1, 0.15) is 68.6 Å². The lowest BCUT2D eigenvalue weighted by atomic mass is 9.94. The van der Waals surface area contributed by atoms with Crippen LogP contribution in [0.25, 0.3) is 10.8 Å². The number of alkyl halides is 5. The van der Waals surface area contributed by atoms with Gasteiger partial charge in [0, 0.05) is 28.2 Å². The van der Waals surface area contributed by atoms with Gasteiger partial charge in [-0.25, -0.2) is 4.79 Å². The first kappa shape index (κ1) is 37.4. The molecule has 2 unspecified atom stereocenters. The molecule has 5 N–H and O–H groups in total. The number of benzene rings is 3. The van der Waals surface area contributed by atoms with E-state index in [1.807, 2.05) is 18.2 Å². The number of carbonyl (C=O) groups excluding carboxylic acids is 2. The molecule has 0 spiro atoms. The SMILES string of the molecule is NC1CC2CCC(C1)N2C(=O)[C@@H](NC(=O)[C@@H](O)c1ccc2cc(OC3CCCC3)ccc2c1)C(F)(F)c1ccc(Br)cc1.O=C(O)C(F)(F)F. The second-order valence-electron chi connectivity index (χ2n) is 12.9. The van der Waals surface area contributed by atoms with Gasteiger partial charge in [0.25, 0.3) is 11.8 Å². The van der Waals surface area contributed by atoms with Crippen LogP contribution in [-0.2, 0) is 20.3 Å². The Hall–Kier alpha value is -3.82. The van der Waals surface area contributed by atoms with Gasteiger partial charge >= 0.3 is 18.1 Å². The van der Waals surface area contributed by atoms with Gasteiger partial charge in [-0.3, -0.25) is 9.59 Å². The van der Waals surface area contributed by atoms with E-state index < -0.39 is 47.6 Å². The number of carboxylic acids is 1. The number of nitrogens with two attached hydrogens (primary N) is 1. The number of halogens is 6. The fourth-order valence-corrected chi connectivity index (χ4v) is 7.20. The van der Waals surface area contributed by atoms with Gasteiger partial charge in [-0.15, -0.1) is 0 Å². The number of fused-ring (bicyclic) bond motifs is 3. The van der Waals surface area contributed by atoms with E-state index in [-0.39, 0.29) is 29.8 Å². The normalized spacial score (nSPS) is 22.0. The van der Waals surface area contributed by atoms with Gasteiger partial charge in [0.05, 0.1) is 6.10 Å². The van der Waals surface area contributed by atoms with E-state index in [4.69, 9.17) is 20.4 Å².